The molecular formula is C16H22O8. The number of carbonyl (C=O) groups is 4. The standard InChI is InChI=1S/C16H22O8/c1-21-13(17)7-5-8(14(18)22-2)12-10(16(20)24-4)6-9(11(7)12)15(19)23-3/h7-12H,5-6H2,1-4H3/t7-,8+,9+,10-,11?,12?. The molecule has 0 aromatic rings. The predicted molar refractivity (Wildman–Crippen MR) is 78.2 cm³/mol. The third-order valence-corrected chi connectivity index (χ3v) is 5.33. The van der Waals surface area contributed by atoms with Crippen LogP contribution < -0.4 is 0 Å². The summed E-state index contributed by atoms with van der Waals surface area (Å²) in [6.07, 6.45) is 0.353. The van der Waals surface area contributed by atoms with Crippen LogP contribution in [0.4, 0.5) is 0 Å². The maximum absolute atomic E-state index is 12.2. The fourth-order valence-electron chi connectivity index (χ4n) is 4.43. The van der Waals surface area contributed by atoms with Crippen molar-refractivity contribution in [3.63, 3.8) is 0 Å². The van der Waals surface area contributed by atoms with Gasteiger partial charge in [-0.15, -0.1) is 0 Å². The van der Waals surface area contributed by atoms with Crippen LogP contribution >= 0.6 is 0 Å². The molecule has 2 fully saturated rings. The first-order valence-electron chi connectivity index (χ1n) is 7.72. The van der Waals surface area contributed by atoms with Crippen LogP contribution in [0, 0.1) is 35.5 Å². The summed E-state index contributed by atoms with van der Waals surface area (Å²) in [6, 6.07) is 0. The number of esters is 4. The minimum atomic E-state index is -0.664. The Kier molecular flexibility index (Phi) is 5.46. The molecule has 0 bridgehead atoms. The summed E-state index contributed by atoms with van der Waals surface area (Å²) >= 11 is 0. The van der Waals surface area contributed by atoms with Gasteiger partial charge in [0.15, 0.2) is 0 Å². The molecule has 0 amide bonds. The topological polar surface area (TPSA) is 105 Å². The third kappa shape index (κ3) is 2.85. The number of fused-ring (bicyclic) bond motifs is 1. The zero-order chi connectivity index (χ0) is 18.0. The molecular weight excluding hydrogens is 320 g/mol. The van der Waals surface area contributed by atoms with E-state index in [4.69, 9.17) is 18.9 Å². The van der Waals surface area contributed by atoms with Gasteiger partial charge < -0.3 is 18.9 Å². The van der Waals surface area contributed by atoms with Crippen LogP contribution in [-0.2, 0) is 38.1 Å². The van der Waals surface area contributed by atoms with Crippen molar-refractivity contribution in [2.45, 2.75) is 12.8 Å². The Morgan fingerprint density at radius 2 is 0.750 bits per heavy atom. The summed E-state index contributed by atoms with van der Waals surface area (Å²) in [5, 5.41) is 0. The summed E-state index contributed by atoms with van der Waals surface area (Å²) < 4.78 is 19.3. The monoisotopic (exact) mass is 342 g/mol. The maximum Gasteiger partial charge on any atom is 0.308 e. The van der Waals surface area contributed by atoms with Gasteiger partial charge in [0.2, 0.25) is 0 Å². The van der Waals surface area contributed by atoms with Crippen molar-refractivity contribution in [3.8, 4) is 0 Å². The van der Waals surface area contributed by atoms with Crippen LogP contribution in [0.3, 0.4) is 0 Å². The maximum atomic E-state index is 12.2. The van der Waals surface area contributed by atoms with Crippen LogP contribution in [0.2, 0.25) is 0 Å². The number of carbonyl (C=O) groups excluding carboxylic acids is 4. The molecule has 2 aliphatic carbocycles. The lowest BCUT2D eigenvalue weighted by atomic mass is 9.82. The summed E-state index contributed by atoms with van der Waals surface area (Å²) in [5.74, 6) is -5.70. The van der Waals surface area contributed by atoms with E-state index in [-0.39, 0.29) is 12.8 Å². The Morgan fingerprint density at radius 3 is 0.917 bits per heavy atom. The first-order valence-corrected chi connectivity index (χ1v) is 7.72. The van der Waals surface area contributed by atoms with E-state index in [1.54, 1.807) is 0 Å². The van der Waals surface area contributed by atoms with Crippen molar-refractivity contribution in [1.29, 1.82) is 0 Å². The van der Waals surface area contributed by atoms with Gasteiger partial charge in [0.25, 0.3) is 0 Å². The second kappa shape index (κ2) is 7.19. The SMILES string of the molecule is COC(=O)[C@H]1C[C@@H](C(=O)OC)C2C1[C@H](C(=O)OC)C[C@@H]2C(=O)OC. The lowest BCUT2D eigenvalue weighted by Gasteiger charge is -2.23. The molecule has 0 aromatic carbocycles. The van der Waals surface area contributed by atoms with Crippen molar-refractivity contribution < 1.29 is 38.1 Å². The predicted octanol–water partition coefficient (Wildman–Crippen LogP) is 0.183. The van der Waals surface area contributed by atoms with E-state index in [9.17, 15) is 19.2 Å². The van der Waals surface area contributed by atoms with Gasteiger partial charge in [0, 0.05) is 0 Å². The summed E-state index contributed by atoms with van der Waals surface area (Å²) in [4.78, 5) is 48.7. The summed E-state index contributed by atoms with van der Waals surface area (Å²) in [7, 11) is 5.01. The highest BCUT2D eigenvalue weighted by Gasteiger charge is 2.63. The average molecular weight is 342 g/mol. The van der Waals surface area contributed by atoms with Crippen molar-refractivity contribution >= 4 is 23.9 Å². The number of rotatable bonds is 4. The fraction of sp³-hybridized carbons (Fsp3) is 0.750. The lowest BCUT2D eigenvalue weighted by molar-refractivity contribution is -0.153. The molecule has 0 spiro atoms. The van der Waals surface area contributed by atoms with Crippen LogP contribution in [0.5, 0.6) is 0 Å². The van der Waals surface area contributed by atoms with Crippen molar-refractivity contribution in [2.75, 3.05) is 28.4 Å². The Hall–Kier alpha value is -2.12. The van der Waals surface area contributed by atoms with Gasteiger partial charge in [0.05, 0.1) is 52.1 Å². The number of hydrogen-bond acceptors (Lipinski definition) is 8. The molecule has 134 valence electrons. The first kappa shape index (κ1) is 18.2. The zero-order valence-corrected chi connectivity index (χ0v) is 14.1. The second-order valence-electron chi connectivity index (χ2n) is 6.14. The molecule has 8 heteroatoms. The van der Waals surface area contributed by atoms with E-state index in [0.717, 1.165) is 0 Å². The number of hydrogen-bond donors (Lipinski definition) is 0. The van der Waals surface area contributed by atoms with Crippen LogP contribution in [-0.4, -0.2) is 52.3 Å². The highest BCUT2D eigenvalue weighted by atomic mass is 16.5. The van der Waals surface area contributed by atoms with Crippen LogP contribution in [0.15, 0.2) is 0 Å². The van der Waals surface area contributed by atoms with E-state index < -0.39 is 59.4 Å². The van der Waals surface area contributed by atoms with Crippen LogP contribution in [0.25, 0.3) is 0 Å². The zero-order valence-electron chi connectivity index (χ0n) is 14.1. The Bertz CT molecular complexity index is 450. The van der Waals surface area contributed by atoms with E-state index in [1.165, 1.54) is 28.4 Å². The second-order valence-corrected chi connectivity index (χ2v) is 6.14. The van der Waals surface area contributed by atoms with Gasteiger partial charge >= 0.3 is 23.9 Å². The molecule has 2 aliphatic rings. The Balaban J connectivity index is 2.46. The van der Waals surface area contributed by atoms with Gasteiger partial charge in [-0.1, -0.05) is 0 Å². The smallest absolute Gasteiger partial charge is 0.308 e. The molecule has 2 unspecified atom stereocenters. The highest BCUT2D eigenvalue weighted by molar-refractivity contribution is 5.84. The molecule has 0 aliphatic heterocycles. The molecule has 2 rings (SSSR count). The lowest BCUT2D eigenvalue weighted by Crippen LogP contribution is -2.32. The first-order chi connectivity index (χ1) is 11.4. The van der Waals surface area contributed by atoms with Gasteiger partial charge in [-0.05, 0) is 24.7 Å². The van der Waals surface area contributed by atoms with Gasteiger partial charge in [-0.25, -0.2) is 0 Å². The molecule has 24 heavy (non-hydrogen) atoms. The third-order valence-electron chi connectivity index (χ3n) is 5.33. The summed E-state index contributed by atoms with van der Waals surface area (Å²) in [6.45, 7) is 0. The van der Waals surface area contributed by atoms with Crippen molar-refractivity contribution in [3.05, 3.63) is 0 Å². The van der Waals surface area contributed by atoms with Gasteiger partial charge in [-0.3, -0.25) is 19.2 Å². The quantitative estimate of drug-likeness (QED) is 0.526. The van der Waals surface area contributed by atoms with E-state index in [2.05, 4.69) is 0 Å². The average Bonchev–Trinajstić information content (AvgIpc) is 3.17. The van der Waals surface area contributed by atoms with Crippen molar-refractivity contribution in [2.24, 2.45) is 35.5 Å². The van der Waals surface area contributed by atoms with E-state index in [0.29, 0.717) is 0 Å². The van der Waals surface area contributed by atoms with Crippen molar-refractivity contribution in [1.82, 2.24) is 0 Å². The Labute approximate surface area is 139 Å². The normalized spacial score (nSPS) is 34.2. The number of ether oxygens (including phenoxy) is 4. The minimum absolute atomic E-state index is 0.176. The molecule has 6 atom stereocenters. The molecule has 0 aromatic heterocycles. The van der Waals surface area contributed by atoms with E-state index >= 15 is 0 Å². The van der Waals surface area contributed by atoms with E-state index in [1.807, 2.05) is 0 Å². The highest BCUT2D eigenvalue weighted by Crippen LogP contribution is 2.57. The Morgan fingerprint density at radius 1 is 0.542 bits per heavy atom. The van der Waals surface area contributed by atoms with Gasteiger partial charge in [0.1, 0.15) is 0 Å². The molecule has 8 nitrogen and oxygen atoms in total. The molecule has 2 saturated carbocycles. The fourth-order valence-corrected chi connectivity index (χ4v) is 4.43. The molecule has 0 N–H and O–H groups in total. The number of methoxy groups -OCH3 is 4. The molecule has 0 heterocycles. The van der Waals surface area contributed by atoms with Gasteiger partial charge in [-0.2, -0.15) is 0 Å². The van der Waals surface area contributed by atoms with Crippen LogP contribution in [0.1, 0.15) is 12.8 Å². The molecule has 0 saturated heterocycles. The molecule has 0 radical (unpaired) electrons. The summed E-state index contributed by atoms with van der Waals surface area (Å²) in [5.41, 5.74) is 0. The minimum Gasteiger partial charge on any atom is -0.469 e. The largest absolute Gasteiger partial charge is 0.469 e.